The summed E-state index contributed by atoms with van der Waals surface area (Å²) in [7, 11) is 0. The van der Waals surface area contributed by atoms with Gasteiger partial charge in [0.1, 0.15) is 0 Å². The zero-order valence-corrected chi connectivity index (χ0v) is 10.2. The molecule has 1 atom stereocenters. The van der Waals surface area contributed by atoms with Gasteiger partial charge >= 0.3 is 5.97 Å². The molecule has 1 saturated heterocycles. The highest BCUT2D eigenvalue weighted by Gasteiger charge is 2.18. The van der Waals surface area contributed by atoms with E-state index in [9.17, 15) is 14.9 Å². The van der Waals surface area contributed by atoms with Crippen LogP contribution in [0, 0.1) is 10.1 Å². The molecule has 1 aliphatic heterocycles. The number of rotatable bonds is 5. The molecule has 7 nitrogen and oxygen atoms in total. The van der Waals surface area contributed by atoms with Gasteiger partial charge in [-0.05, 0) is 18.9 Å². The molecule has 0 aliphatic carbocycles. The lowest BCUT2D eigenvalue weighted by molar-refractivity contribution is -0.384. The van der Waals surface area contributed by atoms with Crippen molar-refractivity contribution in [1.29, 1.82) is 0 Å². The van der Waals surface area contributed by atoms with Gasteiger partial charge in [0.25, 0.3) is 5.69 Å². The smallest absolute Gasteiger partial charge is 0.337 e. The van der Waals surface area contributed by atoms with Crippen molar-refractivity contribution >= 4 is 17.3 Å². The first kappa shape index (κ1) is 13.3. The third kappa shape index (κ3) is 3.19. The number of nitro groups is 1. The minimum Gasteiger partial charge on any atom is -0.478 e. The van der Waals surface area contributed by atoms with Crippen LogP contribution in [0.3, 0.4) is 0 Å². The Labute approximate surface area is 109 Å². The van der Waals surface area contributed by atoms with Crippen LogP contribution in [0.25, 0.3) is 0 Å². The van der Waals surface area contributed by atoms with Crippen molar-refractivity contribution in [3.05, 3.63) is 33.9 Å². The van der Waals surface area contributed by atoms with Crippen molar-refractivity contribution < 1.29 is 19.6 Å². The number of non-ortho nitro benzene ring substituents is 1. The first-order valence-corrected chi connectivity index (χ1v) is 5.95. The van der Waals surface area contributed by atoms with Crippen LogP contribution in [-0.2, 0) is 4.74 Å². The number of carboxylic acids is 1. The maximum atomic E-state index is 11.1. The van der Waals surface area contributed by atoms with Gasteiger partial charge in [-0.15, -0.1) is 0 Å². The molecule has 0 spiro atoms. The van der Waals surface area contributed by atoms with E-state index in [1.54, 1.807) is 0 Å². The Morgan fingerprint density at radius 2 is 2.37 bits per heavy atom. The van der Waals surface area contributed by atoms with Crippen LogP contribution in [0.1, 0.15) is 23.2 Å². The Bertz CT molecular complexity index is 497. The molecule has 1 fully saturated rings. The molecular formula is C12H14N2O5. The summed E-state index contributed by atoms with van der Waals surface area (Å²) in [5.41, 5.74) is 0.126. The maximum Gasteiger partial charge on any atom is 0.337 e. The molecule has 1 aromatic rings. The Kier molecular flexibility index (Phi) is 3.96. The van der Waals surface area contributed by atoms with Crippen LogP contribution >= 0.6 is 0 Å². The normalized spacial score (nSPS) is 18.2. The van der Waals surface area contributed by atoms with E-state index >= 15 is 0 Å². The van der Waals surface area contributed by atoms with Crippen LogP contribution in [0.5, 0.6) is 0 Å². The van der Waals surface area contributed by atoms with Gasteiger partial charge in [-0.3, -0.25) is 10.1 Å². The summed E-state index contributed by atoms with van der Waals surface area (Å²) in [5, 5.41) is 22.7. The molecule has 0 aromatic heterocycles. The SMILES string of the molecule is O=C(O)c1ccc([N+](=O)[O-])cc1NCC1CCCO1. The monoisotopic (exact) mass is 266 g/mol. The van der Waals surface area contributed by atoms with Crippen LogP contribution in [0.15, 0.2) is 18.2 Å². The number of hydrogen-bond donors (Lipinski definition) is 2. The molecule has 2 rings (SSSR count). The number of nitro benzene ring substituents is 1. The average molecular weight is 266 g/mol. The fourth-order valence-electron chi connectivity index (χ4n) is 2.01. The lowest BCUT2D eigenvalue weighted by Crippen LogP contribution is -2.19. The van der Waals surface area contributed by atoms with Gasteiger partial charge < -0.3 is 15.2 Å². The minimum absolute atomic E-state index is 0.0172. The fourth-order valence-corrected chi connectivity index (χ4v) is 2.01. The van der Waals surface area contributed by atoms with Gasteiger partial charge in [-0.1, -0.05) is 0 Å². The number of carboxylic acid groups (broad SMARTS) is 1. The first-order valence-electron chi connectivity index (χ1n) is 5.95. The van der Waals surface area contributed by atoms with Gasteiger partial charge in [-0.25, -0.2) is 4.79 Å². The first-order chi connectivity index (χ1) is 9.08. The molecule has 19 heavy (non-hydrogen) atoms. The zero-order chi connectivity index (χ0) is 13.8. The van der Waals surface area contributed by atoms with Crippen molar-refractivity contribution in [3.63, 3.8) is 0 Å². The number of aromatic carboxylic acids is 1. The molecule has 1 unspecified atom stereocenters. The predicted octanol–water partition coefficient (Wildman–Crippen LogP) is 1.88. The highest BCUT2D eigenvalue weighted by molar-refractivity contribution is 5.94. The number of carbonyl (C=O) groups is 1. The number of benzene rings is 1. The summed E-state index contributed by atoms with van der Waals surface area (Å²) < 4.78 is 5.41. The van der Waals surface area contributed by atoms with Crippen molar-refractivity contribution in [2.24, 2.45) is 0 Å². The van der Waals surface area contributed by atoms with Crippen LogP contribution in [0.4, 0.5) is 11.4 Å². The second-order valence-electron chi connectivity index (χ2n) is 4.31. The van der Waals surface area contributed by atoms with Crippen LogP contribution in [0.2, 0.25) is 0 Å². The number of nitrogens with one attached hydrogen (secondary N) is 1. The molecule has 1 heterocycles. The lowest BCUT2D eigenvalue weighted by atomic mass is 10.1. The number of hydrogen-bond acceptors (Lipinski definition) is 5. The largest absolute Gasteiger partial charge is 0.478 e. The highest BCUT2D eigenvalue weighted by Crippen LogP contribution is 2.23. The van der Waals surface area contributed by atoms with Gasteiger partial charge in [0.2, 0.25) is 0 Å². The molecule has 0 radical (unpaired) electrons. The third-order valence-corrected chi connectivity index (χ3v) is 2.99. The van der Waals surface area contributed by atoms with Crippen LogP contribution in [-0.4, -0.2) is 35.3 Å². The second kappa shape index (κ2) is 5.66. The zero-order valence-electron chi connectivity index (χ0n) is 10.2. The molecule has 2 N–H and O–H groups in total. The van der Waals surface area contributed by atoms with Crippen molar-refractivity contribution in [1.82, 2.24) is 0 Å². The second-order valence-corrected chi connectivity index (χ2v) is 4.31. The quantitative estimate of drug-likeness (QED) is 0.623. The predicted molar refractivity (Wildman–Crippen MR) is 67.5 cm³/mol. The molecule has 1 aliphatic rings. The highest BCUT2D eigenvalue weighted by atomic mass is 16.6. The minimum atomic E-state index is -1.12. The Balaban J connectivity index is 2.16. The van der Waals surface area contributed by atoms with E-state index in [0.29, 0.717) is 13.2 Å². The van der Waals surface area contributed by atoms with Gasteiger partial charge in [0.15, 0.2) is 0 Å². The summed E-state index contributed by atoms with van der Waals surface area (Å²) >= 11 is 0. The fraction of sp³-hybridized carbons (Fsp3) is 0.417. The van der Waals surface area contributed by atoms with Crippen LogP contribution < -0.4 is 5.32 Å². The standard InChI is InChI=1S/C12H14N2O5/c15-12(16)10-4-3-8(14(17)18)6-11(10)13-7-9-2-1-5-19-9/h3-4,6,9,13H,1-2,5,7H2,(H,15,16). The van der Waals surface area contributed by atoms with Gasteiger partial charge in [-0.2, -0.15) is 0 Å². The Morgan fingerprint density at radius 1 is 1.58 bits per heavy atom. The van der Waals surface area contributed by atoms with Gasteiger partial charge in [0, 0.05) is 25.3 Å². The van der Waals surface area contributed by atoms with E-state index in [4.69, 9.17) is 9.84 Å². The van der Waals surface area contributed by atoms with E-state index in [0.717, 1.165) is 12.8 Å². The summed E-state index contributed by atoms with van der Waals surface area (Å²) in [6.07, 6.45) is 1.91. The molecular weight excluding hydrogens is 252 g/mol. The van der Waals surface area contributed by atoms with E-state index in [1.807, 2.05) is 0 Å². The summed E-state index contributed by atoms with van der Waals surface area (Å²) in [5.74, 6) is -1.12. The number of anilines is 1. The Morgan fingerprint density at radius 3 is 2.95 bits per heavy atom. The van der Waals surface area contributed by atoms with E-state index in [2.05, 4.69) is 5.32 Å². The average Bonchev–Trinajstić information content (AvgIpc) is 2.88. The topological polar surface area (TPSA) is 102 Å². The summed E-state index contributed by atoms with van der Waals surface area (Å²) in [4.78, 5) is 21.2. The van der Waals surface area contributed by atoms with Gasteiger partial charge in [0.05, 0.1) is 22.3 Å². The number of nitrogens with zero attached hydrogens (tertiary/aromatic N) is 1. The molecule has 102 valence electrons. The third-order valence-electron chi connectivity index (χ3n) is 2.99. The molecule has 0 saturated carbocycles. The summed E-state index contributed by atoms with van der Waals surface area (Å²) in [6.45, 7) is 1.15. The van der Waals surface area contributed by atoms with E-state index < -0.39 is 10.9 Å². The molecule has 7 heteroatoms. The Hall–Kier alpha value is -2.15. The molecule has 0 amide bonds. The van der Waals surface area contributed by atoms with E-state index in [-0.39, 0.29) is 23.0 Å². The van der Waals surface area contributed by atoms with Crippen molar-refractivity contribution in [3.8, 4) is 0 Å². The lowest BCUT2D eigenvalue weighted by Gasteiger charge is -2.13. The van der Waals surface area contributed by atoms with Crippen molar-refractivity contribution in [2.45, 2.75) is 18.9 Å². The van der Waals surface area contributed by atoms with E-state index in [1.165, 1.54) is 18.2 Å². The van der Waals surface area contributed by atoms with Crippen molar-refractivity contribution in [2.75, 3.05) is 18.5 Å². The molecule has 0 bridgehead atoms. The summed E-state index contributed by atoms with van der Waals surface area (Å²) in [6, 6.07) is 3.65. The number of ether oxygens (including phenoxy) is 1. The molecule has 1 aromatic carbocycles. The maximum absolute atomic E-state index is 11.1.